The lowest BCUT2D eigenvalue weighted by Crippen LogP contribution is -2.41. The third-order valence-corrected chi connectivity index (χ3v) is 1.79. The molecule has 0 bridgehead atoms. The second-order valence-electron chi connectivity index (χ2n) is 3.03. The molecule has 86 valence electrons. The Morgan fingerprint density at radius 1 is 1.00 bits per heavy atom. The van der Waals surface area contributed by atoms with E-state index in [9.17, 15) is 5.11 Å². The van der Waals surface area contributed by atoms with Crippen LogP contribution in [0.3, 0.4) is 0 Å². The van der Waals surface area contributed by atoms with Crippen molar-refractivity contribution >= 4 is 0 Å². The average Bonchev–Trinajstić information content (AvgIpc) is 2.17. The highest BCUT2D eigenvalue weighted by Crippen LogP contribution is 2.19. The molecule has 14 heavy (non-hydrogen) atoms. The van der Waals surface area contributed by atoms with Crippen molar-refractivity contribution in [3.8, 4) is 0 Å². The Hall–Kier alpha value is -0.200. The fraction of sp³-hybridized carbons (Fsp3) is 1.00. The van der Waals surface area contributed by atoms with Gasteiger partial charge in [0.25, 0.3) is 5.97 Å². The van der Waals surface area contributed by atoms with E-state index in [1.165, 1.54) is 0 Å². The molecule has 3 N–H and O–H groups in total. The van der Waals surface area contributed by atoms with Crippen LogP contribution in [0.5, 0.6) is 0 Å². The molecule has 0 aliphatic rings. The third kappa shape index (κ3) is 4.88. The maximum atomic E-state index is 9.66. The van der Waals surface area contributed by atoms with E-state index in [0.29, 0.717) is 12.8 Å². The van der Waals surface area contributed by atoms with Crippen molar-refractivity contribution in [3.05, 3.63) is 0 Å². The van der Waals surface area contributed by atoms with Gasteiger partial charge in [-0.1, -0.05) is 20.8 Å². The van der Waals surface area contributed by atoms with Crippen LogP contribution in [-0.4, -0.2) is 33.9 Å². The van der Waals surface area contributed by atoms with Gasteiger partial charge in [0.15, 0.2) is 12.6 Å². The van der Waals surface area contributed by atoms with E-state index in [2.05, 4.69) is 0 Å². The van der Waals surface area contributed by atoms with Gasteiger partial charge < -0.3 is 15.3 Å². The Kier molecular flexibility index (Phi) is 6.22. The Balaban J connectivity index is 4.16. The lowest BCUT2D eigenvalue weighted by Gasteiger charge is -2.30. The zero-order chi connectivity index (χ0) is 11.2. The first-order valence-electron chi connectivity index (χ1n) is 4.91. The molecule has 2 atom stereocenters. The molecule has 0 aromatic rings. The van der Waals surface area contributed by atoms with Crippen LogP contribution in [0.4, 0.5) is 0 Å². The van der Waals surface area contributed by atoms with Crippen LogP contribution < -0.4 is 0 Å². The molecule has 0 radical (unpaired) electrons. The molecule has 0 amide bonds. The zero-order valence-electron chi connectivity index (χ0n) is 8.93. The minimum atomic E-state index is -1.91. The van der Waals surface area contributed by atoms with Gasteiger partial charge in [-0.15, -0.1) is 0 Å². The Labute approximate surface area is 84.3 Å². The molecule has 0 aromatic heterocycles. The molecule has 0 aliphatic heterocycles. The van der Waals surface area contributed by atoms with Crippen molar-refractivity contribution in [2.24, 2.45) is 0 Å². The van der Waals surface area contributed by atoms with Crippen molar-refractivity contribution in [2.45, 2.75) is 58.6 Å². The van der Waals surface area contributed by atoms with Gasteiger partial charge in [-0.05, 0) is 12.8 Å². The maximum Gasteiger partial charge on any atom is 0.284 e. The minimum Gasteiger partial charge on any atom is -0.368 e. The largest absolute Gasteiger partial charge is 0.368 e. The second kappa shape index (κ2) is 6.31. The third-order valence-electron chi connectivity index (χ3n) is 1.79. The minimum absolute atomic E-state index is 0.126. The van der Waals surface area contributed by atoms with E-state index in [0.717, 1.165) is 0 Å². The molecular weight excluding hydrogens is 188 g/mol. The quantitative estimate of drug-likeness (QED) is 0.532. The van der Waals surface area contributed by atoms with Crippen molar-refractivity contribution in [2.75, 3.05) is 0 Å². The van der Waals surface area contributed by atoms with E-state index in [1.807, 2.05) is 0 Å². The summed E-state index contributed by atoms with van der Waals surface area (Å²) < 4.78 is 9.68. The van der Waals surface area contributed by atoms with Crippen LogP contribution in [0, 0.1) is 0 Å². The Morgan fingerprint density at radius 3 is 1.57 bits per heavy atom. The van der Waals surface area contributed by atoms with Crippen molar-refractivity contribution in [1.82, 2.24) is 0 Å². The van der Waals surface area contributed by atoms with E-state index < -0.39 is 18.6 Å². The van der Waals surface area contributed by atoms with Gasteiger partial charge in [0.05, 0.1) is 0 Å². The van der Waals surface area contributed by atoms with Gasteiger partial charge in [0.1, 0.15) is 0 Å². The molecule has 2 unspecified atom stereocenters. The van der Waals surface area contributed by atoms with Crippen LogP contribution in [0.15, 0.2) is 0 Å². The molecule has 0 saturated carbocycles. The molecule has 0 spiro atoms. The molecule has 0 aromatic carbocycles. The average molecular weight is 208 g/mol. The second-order valence-corrected chi connectivity index (χ2v) is 3.03. The van der Waals surface area contributed by atoms with E-state index in [-0.39, 0.29) is 6.42 Å². The van der Waals surface area contributed by atoms with Crippen LogP contribution in [-0.2, 0) is 9.47 Å². The number of aliphatic hydroxyl groups excluding tert-OH is 2. The first-order valence-corrected chi connectivity index (χ1v) is 4.91. The van der Waals surface area contributed by atoms with E-state index >= 15 is 0 Å². The lowest BCUT2D eigenvalue weighted by atomic mass is 10.4. The van der Waals surface area contributed by atoms with E-state index in [1.54, 1.807) is 20.8 Å². The number of ether oxygens (including phenoxy) is 2. The highest BCUT2D eigenvalue weighted by Gasteiger charge is 2.31. The fourth-order valence-corrected chi connectivity index (χ4v) is 0.786. The number of aliphatic hydroxyl groups is 3. The summed E-state index contributed by atoms with van der Waals surface area (Å²) >= 11 is 0. The monoisotopic (exact) mass is 208 g/mol. The molecular formula is C9H20O5. The van der Waals surface area contributed by atoms with Crippen molar-refractivity contribution in [1.29, 1.82) is 0 Å². The Bertz CT molecular complexity index is 138. The van der Waals surface area contributed by atoms with Gasteiger partial charge in [-0.25, -0.2) is 0 Å². The first kappa shape index (κ1) is 13.8. The number of hydrogen-bond acceptors (Lipinski definition) is 5. The molecule has 0 fully saturated rings. The molecule has 5 heteroatoms. The van der Waals surface area contributed by atoms with Gasteiger partial charge in [0.2, 0.25) is 0 Å². The molecule has 5 nitrogen and oxygen atoms in total. The van der Waals surface area contributed by atoms with Crippen LogP contribution >= 0.6 is 0 Å². The lowest BCUT2D eigenvalue weighted by molar-refractivity contribution is -0.429. The predicted molar refractivity (Wildman–Crippen MR) is 50.0 cm³/mol. The standard InChI is InChI=1S/C9H20O5/c1-4-7(10)13-9(12,6-3)14-8(11)5-2/h7-8,10-12H,4-6H2,1-3H3. The first-order chi connectivity index (χ1) is 6.47. The number of rotatable bonds is 7. The fourth-order valence-electron chi connectivity index (χ4n) is 0.786. The topological polar surface area (TPSA) is 79.2 Å². The summed E-state index contributed by atoms with van der Waals surface area (Å²) in [6.45, 7) is 5.04. The normalized spacial score (nSPS) is 20.1. The summed E-state index contributed by atoms with van der Waals surface area (Å²) in [6, 6.07) is 0. The van der Waals surface area contributed by atoms with Gasteiger partial charge >= 0.3 is 0 Å². The zero-order valence-corrected chi connectivity index (χ0v) is 8.93. The summed E-state index contributed by atoms with van der Waals surface area (Å²) in [5.74, 6) is -1.91. The summed E-state index contributed by atoms with van der Waals surface area (Å²) in [6.07, 6.45) is -1.38. The van der Waals surface area contributed by atoms with Crippen LogP contribution in [0.25, 0.3) is 0 Å². The number of hydrogen-bond donors (Lipinski definition) is 3. The van der Waals surface area contributed by atoms with Crippen LogP contribution in [0.1, 0.15) is 40.0 Å². The predicted octanol–water partition coefficient (Wildman–Crippen LogP) is 0.532. The van der Waals surface area contributed by atoms with Crippen molar-refractivity contribution < 1.29 is 24.8 Å². The Morgan fingerprint density at radius 2 is 1.36 bits per heavy atom. The van der Waals surface area contributed by atoms with Gasteiger partial charge in [-0.3, -0.25) is 9.47 Å². The molecule has 0 heterocycles. The molecule has 0 rings (SSSR count). The smallest absolute Gasteiger partial charge is 0.284 e. The summed E-state index contributed by atoms with van der Waals surface area (Å²) in [7, 11) is 0. The summed E-state index contributed by atoms with van der Waals surface area (Å²) in [4.78, 5) is 0. The summed E-state index contributed by atoms with van der Waals surface area (Å²) in [5.41, 5.74) is 0. The van der Waals surface area contributed by atoms with Gasteiger partial charge in [0, 0.05) is 6.42 Å². The van der Waals surface area contributed by atoms with Crippen LogP contribution in [0.2, 0.25) is 0 Å². The summed E-state index contributed by atoms with van der Waals surface area (Å²) in [5, 5.41) is 28.0. The SMILES string of the molecule is CCC(O)OC(O)(CC)OC(O)CC. The molecule has 0 aliphatic carbocycles. The molecule has 0 saturated heterocycles. The highest BCUT2D eigenvalue weighted by atomic mass is 16.9. The van der Waals surface area contributed by atoms with Gasteiger partial charge in [-0.2, -0.15) is 0 Å². The maximum absolute atomic E-state index is 9.66. The van der Waals surface area contributed by atoms with Crippen molar-refractivity contribution in [3.63, 3.8) is 0 Å². The van der Waals surface area contributed by atoms with E-state index in [4.69, 9.17) is 19.7 Å². The highest BCUT2D eigenvalue weighted by molar-refractivity contribution is 4.53.